The van der Waals surface area contributed by atoms with Gasteiger partial charge in [0, 0.05) is 17.8 Å². The first-order valence-corrected chi connectivity index (χ1v) is 4.41. The topological polar surface area (TPSA) is 55.1 Å². The molecule has 0 saturated heterocycles. The van der Waals surface area contributed by atoms with Crippen LogP contribution in [0.3, 0.4) is 0 Å². The van der Waals surface area contributed by atoms with E-state index in [0.717, 1.165) is 24.5 Å². The Morgan fingerprint density at radius 1 is 1.59 bits per heavy atom. The predicted molar refractivity (Wildman–Crippen MR) is 49.8 cm³/mol. The summed E-state index contributed by atoms with van der Waals surface area (Å²) in [6.45, 7) is -1.26. The number of aliphatic carboxylic acids is 1. The van der Waals surface area contributed by atoms with E-state index in [1.54, 1.807) is 0 Å². The minimum absolute atomic E-state index is 0.234. The van der Waals surface area contributed by atoms with Crippen LogP contribution in [0, 0.1) is 0 Å². The van der Waals surface area contributed by atoms with Crippen LogP contribution in [-0.2, 0) is 11.3 Å². The Hall–Kier alpha value is -1.86. The molecule has 0 radical (unpaired) electrons. The number of rotatable bonds is 5. The van der Waals surface area contributed by atoms with Crippen molar-refractivity contribution in [3.05, 3.63) is 24.0 Å². The second kappa shape index (κ2) is 4.98. The van der Waals surface area contributed by atoms with Crippen LogP contribution in [0.1, 0.15) is 5.56 Å². The molecule has 0 aliphatic carbocycles. The number of halogens is 4. The maximum atomic E-state index is 12.6. The van der Waals surface area contributed by atoms with E-state index in [0.29, 0.717) is 4.68 Å². The molecular weight excluding hydrogens is 244 g/mol. The first kappa shape index (κ1) is 13.2. The van der Waals surface area contributed by atoms with E-state index >= 15 is 0 Å². The van der Waals surface area contributed by atoms with Gasteiger partial charge >= 0.3 is 18.3 Å². The van der Waals surface area contributed by atoms with Gasteiger partial charge in [0.05, 0.1) is 6.20 Å². The summed E-state index contributed by atoms with van der Waals surface area (Å²) in [5.41, 5.74) is 0.234. The fourth-order valence-electron chi connectivity index (χ4n) is 1.00. The second-order valence-electron chi connectivity index (χ2n) is 3.20. The molecule has 0 spiro atoms. The lowest BCUT2D eigenvalue weighted by Crippen LogP contribution is -2.32. The van der Waals surface area contributed by atoms with Crippen LogP contribution < -0.4 is 0 Å². The highest BCUT2D eigenvalue weighted by Gasteiger charge is 2.41. The molecule has 1 aromatic heterocycles. The molecule has 0 bridgehead atoms. The lowest BCUT2D eigenvalue weighted by molar-refractivity contribution is -0.139. The zero-order chi connectivity index (χ0) is 13.1. The zero-order valence-electron chi connectivity index (χ0n) is 8.36. The highest BCUT2D eigenvalue weighted by molar-refractivity contribution is 5.85. The quantitative estimate of drug-likeness (QED) is 0.643. The number of hydrogen-bond acceptors (Lipinski definition) is 2. The molecule has 0 aromatic carbocycles. The minimum Gasteiger partial charge on any atom is -0.478 e. The van der Waals surface area contributed by atoms with Crippen molar-refractivity contribution in [2.75, 3.05) is 0 Å². The highest BCUT2D eigenvalue weighted by atomic mass is 19.3. The Labute approximate surface area is 93.2 Å². The summed E-state index contributed by atoms with van der Waals surface area (Å²) in [4.78, 5) is 10.2. The Bertz CT molecular complexity index is 428. The Morgan fingerprint density at radius 3 is 2.76 bits per heavy atom. The SMILES string of the molecule is O=C(O)C=Cc1cnn(CC(F)(F)C(F)F)c1. The molecule has 0 aliphatic rings. The monoisotopic (exact) mass is 252 g/mol. The van der Waals surface area contributed by atoms with Crippen molar-refractivity contribution in [3.63, 3.8) is 0 Å². The molecule has 0 saturated carbocycles. The summed E-state index contributed by atoms with van der Waals surface area (Å²) in [6.07, 6.45) is 0.278. The molecule has 0 fully saturated rings. The first-order chi connectivity index (χ1) is 7.81. The molecule has 4 nitrogen and oxygen atoms in total. The first-order valence-electron chi connectivity index (χ1n) is 4.41. The molecule has 1 heterocycles. The molecule has 94 valence electrons. The van der Waals surface area contributed by atoms with Gasteiger partial charge in [-0.05, 0) is 6.08 Å². The van der Waals surface area contributed by atoms with Crippen LogP contribution in [0.25, 0.3) is 6.08 Å². The van der Waals surface area contributed by atoms with Crippen molar-refractivity contribution in [1.82, 2.24) is 9.78 Å². The van der Waals surface area contributed by atoms with Crippen LogP contribution in [-0.4, -0.2) is 33.2 Å². The normalized spacial score (nSPS) is 12.5. The molecule has 0 amide bonds. The lowest BCUT2D eigenvalue weighted by atomic mass is 10.3. The zero-order valence-corrected chi connectivity index (χ0v) is 8.36. The number of aromatic nitrogens is 2. The third-order valence-corrected chi connectivity index (χ3v) is 1.76. The molecule has 17 heavy (non-hydrogen) atoms. The highest BCUT2D eigenvalue weighted by Crippen LogP contribution is 2.24. The van der Waals surface area contributed by atoms with Crippen LogP contribution >= 0.6 is 0 Å². The standard InChI is InChI=1S/C9H8F4N2O2/c10-8(11)9(12,13)5-15-4-6(3-14-15)1-2-7(16)17/h1-4,8H,5H2,(H,16,17). The maximum absolute atomic E-state index is 12.6. The predicted octanol–water partition coefficient (Wildman–Crippen LogP) is 1.88. The Morgan fingerprint density at radius 2 is 2.24 bits per heavy atom. The Kier molecular flexibility index (Phi) is 3.87. The molecule has 1 N–H and O–H groups in total. The summed E-state index contributed by atoms with van der Waals surface area (Å²) in [6, 6.07) is 0. The second-order valence-corrected chi connectivity index (χ2v) is 3.20. The van der Waals surface area contributed by atoms with Crippen molar-refractivity contribution in [2.45, 2.75) is 18.9 Å². The van der Waals surface area contributed by atoms with Gasteiger partial charge in [-0.25, -0.2) is 13.6 Å². The van der Waals surface area contributed by atoms with Crippen LogP contribution in [0.5, 0.6) is 0 Å². The minimum atomic E-state index is -4.17. The number of hydrogen-bond donors (Lipinski definition) is 1. The molecular formula is C9H8F4N2O2. The van der Waals surface area contributed by atoms with Gasteiger partial charge in [-0.3, -0.25) is 4.68 Å². The van der Waals surface area contributed by atoms with Crippen molar-refractivity contribution in [2.24, 2.45) is 0 Å². The average molecular weight is 252 g/mol. The van der Waals surface area contributed by atoms with Gasteiger partial charge in [0.25, 0.3) is 0 Å². The molecule has 8 heteroatoms. The van der Waals surface area contributed by atoms with E-state index in [-0.39, 0.29) is 5.56 Å². The summed E-state index contributed by atoms with van der Waals surface area (Å²) in [5, 5.41) is 11.7. The van der Waals surface area contributed by atoms with Gasteiger partial charge < -0.3 is 5.11 Å². The number of carbonyl (C=O) groups is 1. The third kappa shape index (κ3) is 3.89. The van der Waals surface area contributed by atoms with Gasteiger partial charge in [0.2, 0.25) is 0 Å². The number of alkyl halides is 4. The molecule has 1 aromatic rings. The van der Waals surface area contributed by atoms with Crippen molar-refractivity contribution >= 4 is 12.0 Å². The van der Waals surface area contributed by atoms with Gasteiger partial charge in [-0.1, -0.05) is 0 Å². The van der Waals surface area contributed by atoms with Gasteiger partial charge in [0.1, 0.15) is 6.54 Å². The fourth-order valence-corrected chi connectivity index (χ4v) is 1.00. The van der Waals surface area contributed by atoms with Crippen LogP contribution in [0.2, 0.25) is 0 Å². The van der Waals surface area contributed by atoms with E-state index in [2.05, 4.69) is 5.10 Å². The smallest absolute Gasteiger partial charge is 0.328 e. The molecule has 1 rings (SSSR count). The van der Waals surface area contributed by atoms with E-state index in [1.807, 2.05) is 0 Å². The van der Waals surface area contributed by atoms with E-state index in [9.17, 15) is 22.4 Å². The van der Waals surface area contributed by atoms with Crippen LogP contribution in [0.15, 0.2) is 18.5 Å². The average Bonchev–Trinajstić information content (AvgIpc) is 2.61. The fraction of sp³-hybridized carbons (Fsp3) is 0.333. The Balaban J connectivity index is 2.72. The largest absolute Gasteiger partial charge is 0.478 e. The van der Waals surface area contributed by atoms with E-state index < -0.39 is 24.9 Å². The van der Waals surface area contributed by atoms with Gasteiger partial charge in [-0.2, -0.15) is 13.9 Å². The summed E-state index contributed by atoms with van der Waals surface area (Å²) in [7, 11) is 0. The van der Waals surface area contributed by atoms with Gasteiger partial charge in [-0.15, -0.1) is 0 Å². The number of carboxylic acids is 1. The lowest BCUT2D eigenvalue weighted by Gasteiger charge is -2.14. The van der Waals surface area contributed by atoms with Crippen molar-refractivity contribution in [1.29, 1.82) is 0 Å². The third-order valence-electron chi connectivity index (χ3n) is 1.76. The summed E-state index contributed by atoms with van der Waals surface area (Å²) in [5.74, 6) is -5.38. The van der Waals surface area contributed by atoms with Crippen molar-refractivity contribution < 1.29 is 27.5 Å². The van der Waals surface area contributed by atoms with Gasteiger partial charge in [0.15, 0.2) is 0 Å². The molecule has 0 aliphatic heterocycles. The number of carboxylic acid groups (broad SMARTS) is 1. The van der Waals surface area contributed by atoms with Crippen molar-refractivity contribution in [3.8, 4) is 0 Å². The maximum Gasteiger partial charge on any atom is 0.328 e. The molecule has 0 atom stereocenters. The summed E-state index contributed by atoms with van der Waals surface area (Å²) >= 11 is 0. The molecule has 0 unspecified atom stereocenters. The van der Waals surface area contributed by atoms with E-state index in [4.69, 9.17) is 5.11 Å². The summed E-state index contributed by atoms with van der Waals surface area (Å²) < 4.78 is 49.6. The van der Waals surface area contributed by atoms with E-state index in [1.165, 1.54) is 0 Å². The number of nitrogens with zero attached hydrogens (tertiary/aromatic N) is 2. The van der Waals surface area contributed by atoms with Crippen LogP contribution in [0.4, 0.5) is 17.6 Å².